The van der Waals surface area contributed by atoms with Crippen molar-refractivity contribution in [3.63, 3.8) is 0 Å². The lowest BCUT2D eigenvalue weighted by Crippen LogP contribution is -2.24. The molecule has 1 aromatic carbocycles. The second kappa shape index (κ2) is 6.05. The highest BCUT2D eigenvalue weighted by Crippen LogP contribution is 2.26. The molecule has 0 saturated carbocycles. The van der Waals surface area contributed by atoms with Gasteiger partial charge >= 0.3 is 0 Å². The molecular formula is C13H16ClN3O3S. The highest BCUT2D eigenvalue weighted by atomic mass is 35.5. The van der Waals surface area contributed by atoms with Crippen LogP contribution >= 0.6 is 11.6 Å². The van der Waals surface area contributed by atoms with Crippen molar-refractivity contribution in [3.05, 3.63) is 40.6 Å². The van der Waals surface area contributed by atoms with Crippen molar-refractivity contribution in [2.45, 2.75) is 31.7 Å². The molecule has 1 aromatic heterocycles. The van der Waals surface area contributed by atoms with E-state index < -0.39 is 10.0 Å². The number of aromatic nitrogens is 1. The highest BCUT2D eigenvalue weighted by Gasteiger charge is 2.20. The van der Waals surface area contributed by atoms with E-state index in [1.165, 1.54) is 12.1 Å². The molecule has 0 aliphatic rings. The molecule has 0 bridgehead atoms. The number of nitrogens with one attached hydrogen (secondary N) is 1. The topological polar surface area (TPSA) is 98.2 Å². The zero-order chi connectivity index (χ0) is 15.6. The van der Waals surface area contributed by atoms with Crippen LogP contribution in [0, 0.1) is 6.92 Å². The van der Waals surface area contributed by atoms with Gasteiger partial charge < -0.3 is 10.2 Å². The predicted octanol–water partition coefficient (Wildman–Crippen LogP) is 2.26. The van der Waals surface area contributed by atoms with E-state index in [0.29, 0.717) is 23.8 Å². The molecule has 2 rings (SSSR count). The van der Waals surface area contributed by atoms with Crippen molar-refractivity contribution in [1.29, 1.82) is 0 Å². The van der Waals surface area contributed by atoms with E-state index >= 15 is 0 Å². The van der Waals surface area contributed by atoms with Crippen molar-refractivity contribution in [3.8, 4) is 0 Å². The Balaban J connectivity index is 2.20. The first-order valence-electron chi connectivity index (χ1n) is 6.32. The van der Waals surface area contributed by atoms with E-state index in [-0.39, 0.29) is 16.5 Å². The minimum Gasteiger partial charge on any atom is -0.444 e. The minimum absolute atomic E-state index is 0.0492. The number of aryl methyl sites for hydroxylation is 2. The first-order chi connectivity index (χ1) is 9.83. The largest absolute Gasteiger partial charge is 0.444 e. The van der Waals surface area contributed by atoms with Gasteiger partial charge in [-0.1, -0.05) is 18.5 Å². The normalized spacial score (nSPS) is 11.8. The van der Waals surface area contributed by atoms with Crippen LogP contribution in [0.3, 0.4) is 0 Å². The summed E-state index contributed by atoms with van der Waals surface area (Å²) in [5.41, 5.74) is 6.82. The summed E-state index contributed by atoms with van der Waals surface area (Å²) in [4.78, 5) is 3.93. The first-order valence-corrected chi connectivity index (χ1v) is 8.18. The smallest absolute Gasteiger partial charge is 0.242 e. The minimum atomic E-state index is -3.79. The number of nitrogens with two attached hydrogens (primary N) is 1. The lowest BCUT2D eigenvalue weighted by Gasteiger charge is -2.09. The van der Waals surface area contributed by atoms with Gasteiger partial charge in [-0.15, -0.1) is 0 Å². The summed E-state index contributed by atoms with van der Waals surface area (Å²) >= 11 is 5.98. The van der Waals surface area contributed by atoms with E-state index in [9.17, 15) is 8.42 Å². The van der Waals surface area contributed by atoms with Crippen LogP contribution in [0.2, 0.25) is 5.02 Å². The molecular weight excluding hydrogens is 314 g/mol. The Kier molecular flexibility index (Phi) is 4.55. The van der Waals surface area contributed by atoms with Crippen molar-refractivity contribution < 1.29 is 12.8 Å². The number of hydrogen-bond donors (Lipinski definition) is 2. The molecule has 0 fully saturated rings. The Labute approximate surface area is 128 Å². The number of nitrogens with zero attached hydrogens (tertiary/aromatic N) is 1. The molecule has 0 radical (unpaired) electrons. The maximum absolute atomic E-state index is 12.2. The van der Waals surface area contributed by atoms with Crippen molar-refractivity contribution in [1.82, 2.24) is 9.71 Å². The Bertz CT molecular complexity index is 756. The van der Waals surface area contributed by atoms with Gasteiger partial charge in [0.1, 0.15) is 10.7 Å². The Morgan fingerprint density at radius 1 is 1.43 bits per heavy atom. The number of rotatable bonds is 5. The summed E-state index contributed by atoms with van der Waals surface area (Å²) in [5, 5.41) is 0.121. The van der Waals surface area contributed by atoms with E-state index in [1.807, 2.05) is 6.92 Å². The van der Waals surface area contributed by atoms with Crippen LogP contribution in [0.1, 0.15) is 24.1 Å². The summed E-state index contributed by atoms with van der Waals surface area (Å²) in [6.07, 6.45) is 2.26. The standard InChI is InChI=1S/C13H16ClN3O3S/c1-3-9-6-16-13(20-9)7-17-21(18,19)12-5-11(15)8(2)4-10(12)14/h4-6,17H,3,7,15H2,1-2H3. The fourth-order valence-corrected chi connectivity index (χ4v) is 3.29. The Morgan fingerprint density at radius 3 is 2.76 bits per heavy atom. The quantitative estimate of drug-likeness (QED) is 0.820. The summed E-state index contributed by atoms with van der Waals surface area (Å²) in [6.45, 7) is 3.62. The molecule has 114 valence electrons. The van der Waals surface area contributed by atoms with Crippen LogP contribution in [0.25, 0.3) is 0 Å². The molecule has 2 aromatic rings. The molecule has 21 heavy (non-hydrogen) atoms. The molecule has 8 heteroatoms. The van der Waals surface area contributed by atoms with Gasteiger partial charge in [0.15, 0.2) is 0 Å². The molecule has 0 unspecified atom stereocenters. The molecule has 0 atom stereocenters. The molecule has 6 nitrogen and oxygen atoms in total. The van der Waals surface area contributed by atoms with Gasteiger partial charge in [-0.05, 0) is 24.6 Å². The first kappa shape index (κ1) is 15.8. The fourth-order valence-electron chi connectivity index (χ4n) is 1.70. The summed E-state index contributed by atoms with van der Waals surface area (Å²) in [6, 6.07) is 2.86. The van der Waals surface area contributed by atoms with Gasteiger partial charge in [-0.25, -0.2) is 18.1 Å². The third kappa shape index (κ3) is 3.55. The highest BCUT2D eigenvalue weighted by molar-refractivity contribution is 7.89. The number of oxazole rings is 1. The third-order valence-electron chi connectivity index (χ3n) is 2.97. The zero-order valence-corrected chi connectivity index (χ0v) is 13.3. The molecule has 0 saturated heterocycles. The van der Waals surface area contributed by atoms with Gasteiger partial charge in [-0.2, -0.15) is 0 Å². The summed E-state index contributed by atoms with van der Waals surface area (Å²) < 4.78 is 32.2. The lowest BCUT2D eigenvalue weighted by molar-refractivity contribution is 0.452. The molecule has 0 aliphatic heterocycles. The number of benzene rings is 1. The van der Waals surface area contributed by atoms with E-state index in [0.717, 1.165) is 5.56 Å². The van der Waals surface area contributed by atoms with Crippen LogP contribution in [0.15, 0.2) is 27.6 Å². The van der Waals surface area contributed by atoms with Gasteiger partial charge in [0, 0.05) is 12.1 Å². The van der Waals surface area contributed by atoms with Crippen LogP contribution < -0.4 is 10.5 Å². The summed E-state index contributed by atoms with van der Waals surface area (Å²) in [5.74, 6) is 0.994. The molecule has 0 spiro atoms. The summed E-state index contributed by atoms with van der Waals surface area (Å²) in [7, 11) is -3.79. The Hall–Kier alpha value is -1.57. The molecule has 0 aliphatic carbocycles. The van der Waals surface area contributed by atoms with E-state index in [1.54, 1.807) is 13.1 Å². The Morgan fingerprint density at radius 2 is 2.14 bits per heavy atom. The monoisotopic (exact) mass is 329 g/mol. The van der Waals surface area contributed by atoms with Gasteiger partial charge in [0.25, 0.3) is 0 Å². The average molecular weight is 330 g/mol. The average Bonchev–Trinajstić information content (AvgIpc) is 2.88. The van der Waals surface area contributed by atoms with Gasteiger partial charge in [-0.3, -0.25) is 0 Å². The van der Waals surface area contributed by atoms with Gasteiger partial charge in [0.05, 0.1) is 17.8 Å². The lowest BCUT2D eigenvalue weighted by atomic mass is 10.2. The van der Waals surface area contributed by atoms with Crippen LogP contribution in [0.4, 0.5) is 5.69 Å². The van der Waals surface area contributed by atoms with Crippen LogP contribution in [-0.4, -0.2) is 13.4 Å². The van der Waals surface area contributed by atoms with Crippen molar-refractivity contribution in [2.75, 3.05) is 5.73 Å². The number of halogens is 1. The van der Waals surface area contributed by atoms with Gasteiger partial charge in [0.2, 0.25) is 15.9 Å². The van der Waals surface area contributed by atoms with Crippen LogP contribution in [0.5, 0.6) is 0 Å². The maximum atomic E-state index is 12.2. The molecule has 1 heterocycles. The molecule has 0 amide bonds. The maximum Gasteiger partial charge on any atom is 0.242 e. The van der Waals surface area contributed by atoms with Crippen LogP contribution in [-0.2, 0) is 23.0 Å². The zero-order valence-electron chi connectivity index (χ0n) is 11.7. The van der Waals surface area contributed by atoms with Crippen molar-refractivity contribution >= 4 is 27.3 Å². The second-order valence-corrected chi connectivity index (χ2v) is 6.68. The van der Waals surface area contributed by atoms with Crippen molar-refractivity contribution in [2.24, 2.45) is 0 Å². The molecule has 3 N–H and O–H groups in total. The van der Waals surface area contributed by atoms with E-state index in [2.05, 4.69) is 9.71 Å². The number of anilines is 1. The second-order valence-electron chi connectivity index (χ2n) is 4.54. The fraction of sp³-hybridized carbons (Fsp3) is 0.308. The number of nitrogen functional groups attached to an aromatic ring is 1. The number of sulfonamides is 1. The third-order valence-corrected chi connectivity index (χ3v) is 4.84. The SMILES string of the molecule is CCc1cnc(CNS(=O)(=O)c2cc(N)c(C)cc2Cl)o1. The predicted molar refractivity (Wildman–Crippen MR) is 80.5 cm³/mol. The number of hydrogen-bond acceptors (Lipinski definition) is 5. The van der Waals surface area contributed by atoms with E-state index in [4.69, 9.17) is 21.8 Å².